The number of hydrogen-bond donors (Lipinski definition) is 18. The van der Waals surface area contributed by atoms with Gasteiger partial charge in [0.25, 0.3) is 0 Å². The lowest BCUT2D eigenvalue weighted by Crippen LogP contribution is -2.60. The topological polar surface area (TPSA) is 617 Å². The molecule has 139 heavy (non-hydrogen) atoms. The highest BCUT2D eigenvalue weighted by Gasteiger charge is 2.47. The SMILES string of the molecule is CCCC[C@H]1C(=O)N(C)[C@@H](CCCC)C(=O)N[C@@H](CCCNC(=N)N)C(=O)N[C@H](C(=O)NCC(N)=O)CSCC(=O)N[C@@H](Cc2ccc(C(C)(C)C)cc2)C(=O)N(C)[C@@H](C)C(=O)N[C@@H](CC(N)=O)C(=O)N2CCC[C@H]2C(=O)N[C@@H](Cc2cnc[nH]2)C(=O)N[C@@H](CC(C)C)C(=O)N2C[C@H](O)C[C@H]2C(=O)C[C@@H](Cc2c[nH]c3ccccc23)C(=O)N[C@@H](CO)C(=O)C[C@@H](Cc2c[nH]c3ccccc23)C(=O)N1C. The van der Waals surface area contributed by atoms with Crippen LogP contribution < -0.4 is 65.1 Å². The number of imidazole rings is 1. The molecule has 3 aliphatic rings. The highest BCUT2D eigenvalue weighted by Crippen LogP contribution is 2.32. The smallest absolute Gasteiger partial charge is 0.246 e. The summed E-state index contributed by atoms with van der Waals surface area (Å²) >= 11 is 0.802. The number of aromatic nitrogens is 4. The lowest BCUT2D eigenvalue weighted by molar-refractivity contribution is -0.150. The van der Waals surface area contributed by atoms with Crippen molar-refractivity contribution in [3.05, 3.63) is 126 Å². The number of para-hydroxylation sites is 2. The normalized spacial score (nSPS) is 24.6. The van der Waals surface area contributed by atoms with Crippen molar-refractivity contribution in [3.8, 4) is 0 Å². The molecule has 21 N–H and O–H groups in total. The first-order chi connectivity index (χ1) is 66.0. The summed E-state index contributed by atoms with van der Waals surface area (Å²) < 4.78 is 0. The van der Waals surface area contributed by atoms with Crippen molar-refractivity contribution < 1.29 is 91.7 Å². The number of carbonyl (C=O) groups excluding carboxylic acids is 17. The van der Waals surface area contributed by atoms with Gasteiger partial charge in [-0.1, -0.05) is 135 Å². The molecule has 15 atom stereocenters. The summed E-state index contributed by atoms with van der Waals surface area (Å²) in [6, 6.07) is 3.54. The maximum atomic E-state index is 15.9. The van der Waals surface area contributed by atoms with Crippen molar-refractivity contribution in [2.24, 2.45) is 35.0 Å². The van der Waals surface area contributed by atoms with Crippen LogP contribution in [0.4, 0.5) is 0 Å². The Kier molecular flexibility index (Phi) is 40.6. The van der Waals surface area contributed by atoms with Crippen molar-refractivity contribution in [1.29, 1.82) is 5.41 Å². The molecule has 6 aromatic rings. The van der Waals surface area contributed by atoms with Crippen LogP contribution in [0.25, 0.3) is 21.8 Å². The number of nitrogens with zero attached hydrogens (tertiary/aromatic N) is 6. The number of H-pyrrole nitrogens is 3. The molecule has 15 amide bonds. The lowest BCUT2D eigenvalue weighted by atomic mass is 9.86. The Balaban J connectivity index is 1.11. The van der Waals surface area contributed by atoms with E-state index in [4.69, 9.17) is 22.6 Å². The Morgan fingerprint density at radius 1 is 0.576 bits per heavy atom. The minimum Gasteiger partial charge on any atom is -0.394 e. The van der Waals surface area contributed by atoms with Crippen LogP contribution in [0.15, 0.2) is 97.7 Å². The van der Waals surface area contributed by atoms with E-state index < -0.39 is 247 Å². The van der Waals surface area contributed by atoms with Crippen LogP contribution in [-0.2, 0) is 113 Å². The molecular weight excluding hydrogens is 1810 g/mol. The Morgan fingerprint density at radius 3 is 1.76 bits per heavy atom. The number of likely N-dealkylation sites (N-methyl/N-ethyl adjacent to an activating group) is 3. The molecule has 3 aliphatic heterocycles. The first-order valence-corrected chi connectivity index (χ1v) is 48.7. The highest BCUT2D eigenvalue weighted by atomic mass is 32.2. The molecule has 3 saturated heterocycles. The maximum Gasteiger partial charge on any atom is 0.246 e. The summed E-state index contributed by atoms with van der Waals surface area (Å²) in [6.07, 6.45) is 3.32. The zero-order valence-corrected chi connectivity index (χ0v) is 81.8. The molecule has 3 aromatic carbocycles. The second-order valence-corrected chi connectivity index (χ2v) is 38.9. The van der Waals surface area contributed by atoms with Crippen LogP contribution in [0.1, 0.15) is 180 Å². The molecule has 0 unspecified atom stereocenters. The fraction of sp³-hybridized carbons (Fsp3) is 0.557. The molecule has 0 aliphatic carbocycles. The quantitative estimate of drug-likeness (QED) is 0.0203. The van der Waals surface area contributed by atoms with E-state index in [9.17, 15) is 39.0 Å². The number of nitrogens with two attached hydrogens (primary N) is 3. The van der Waals surface area contributed by atoms with E-state index in [1.165, 1.54) is 50.4 Å². The minimum atomic E-state index is -1.76. The van der Waals surface area contributed by atoms with Crippen molar-refractivity contribution in [1.82, 2.24) is 92.3 Å². The van der Waals surface area contributed by atoms with Crippen LogP contribution in [0.2, 0.25) is 0 Å². The molecule has 3 aromatic heterocycles. The third-order valence-corrected chi connectivity index (χ3v) is 26.8. The molecule has 41 nitrogen and oxygen atoms in total. The number of rotatable bonds is 26. The van der Waals surface area contributed by atoms with Gasteiger partial charge in [0.05, 0.1) is 43.8 Å². The number of hydrogen-bond acceptors (Lipinski definition) is 22. The number of guanidine groups is 1. The lowest BCUT2D eigenvalue weighted by Gasteiger charge is -2.36. The number of carbonyl (C=O) groups is 17. The highest BCUT2D eigenvalue weighted by molar-refractivity contribution is 8.00. The van der Waals surface area contributed by atoms with E-state index in [2.05, 4.69) is 67.8 Å². The number of fused-ring (bicyclic) bond motifs is 4. The van der Waals surface area contributed by atoms with Gasteiger partial charge in [-0.05, 0) is 110 Å². The van der Waals surface area contributed by atoms with Gasteiger partial charge >= 0.3 is 0 Å². The number of aliphatic hydroxyl groups excluding tert-OH is 2. The Bertz CT molecular complexity index is 5350. The molecule has 3 fully saturated rings. The summed E-state index contributed by atoms with van der Waals surface area (Å²) in [4.78, 5) is 272. The average Bonchev–Trinajstić information content (AvgIpc) is 1.71. The van der Waals surface area contributed by atoms with Gasteiger partial charge in [0.15, 0.2) is 17.5 Å². The molecule has 0 saturated carbocycles. The number of unbranched alkanes of at least 4 members (excludes halogenated alkanes) is 2. The first kappa shape index (κ1) is 110. The summed E-state index contributed by atoms with van der Waals surface area (Å²) in [7, 11) is 4.04. The number of aromatic amines is 3. The van der Waals surface area contributed by atoms with Gasteiger partial charge in [0.2, 0.25) is 88.6 Å². The largest absolute Gasteiger partial charge is 0.394 e. The number of benzene rings is 3. The Morgan fingerprint density at radius 2 is 1.16 bits per heavy atom. The fourth-order valence-corrected chi connectivity index (χ4v) is 18.7. The van der Waals surface area contributed by atoms with E-state index in [1.54, 1.807) is 74.8 Å². The number of nitrogens with one attached hydrogen (secondary N) is 13. The van der Waals surface area contributed by atoms with E-state index in [1.807, 2.05) is 58.9 Å². The average molecular weight is 1950 g/mol. The van der Waals surface area contributed by atoms with Crippen LogP contribution in [0, 0.1) is 23.2 Å². The van der Waals surface area contributed by atoms with Crippen LogP contribution in [0.3, 0.4) is 0 Å². The number of primary amides is 2. The predicted molar refractivity (Wildman–Crippen MR) is 519 cm³/mol. The molecule has 0 spiro atoms. The zero-order valence-electron chi connectivity index (χ0n) is 81.0. The number of thioether (sulfide) groups is 1. The van der Waals surface area contributed by atoms with Gasteiger partial charge in [-0.2, -0.15) is 0 Å². The molecule has 756 valence electrons. The van der Waals surface area contributed by atoms with E-state index in [0.29, 0.717) is 69.9 Å². The Labute approximate surface area is 812 Å². The monoisotopic (exact) mass is 1950 g/mol. The molecule has 6 heterocycles. The van der Waals surface area contributed by atoms with Crippen LogP contribution >= 0.6 is 11.8 Å². The van der Waals surface area contributed by atoms with Crippen LogP contribution in [0.5, 0.6) is 0 Å². The molecule has 9 rings (SSSR count). The molecule has 0 radical (unpaired) electrons. The van der Waals surface area contributed by atoms with Crippen molar-refractivity contribution in [2.45, 2.75) is 261 Å². The maximum absolute atomic E-state index is 15.9. The third kappa shape index (κ3) is 30.7. The minimum absolute atomic E-state index is 0.000876. The standard InChI is InChI=1S/C97H138N22O19S/c1-12-14-27-75-89(132)109-68(26-20-34-103-96(100)101)87(130)114-74(86(129)106-48-82(99)125)51-139-52-83(126)108-71(37-56-30-32-61(33-31-56)97(6,7)8)92(135)115(9)55(5)84(127)111-72(44-81(98)124)93(136)118-35-21-29-76(118)90(133)110-69(42-62-47-102-53-107-62)88(131)112-70(36-54(3)4)94(137)119-49-63(121)43-78(119)80(123)40-57(38-59-45-104-66-24-18-16-22-64(59)66)85(128)113-73(50-120)79(122)41-58(39-60-46-105-67-25-19-17-23-65(60)67)91(134)117(11)77(28-15-13-2)95(138)116(75)10/h16-19,22-25,30-33,45-47,53-55,57-58,63,68-78,104-105,120-121H,12-15,20-21,26-29,34-44,48-52H2,1-11H3,(H2,98,124)(H2,99,125)(H,102,107)(H,106,129)(H,108,126)(H,109,132)(H,110,133)(H,111,127)(H,112,131)(H,113,128)(H,114,130)(H4,100,101,103)/t55-,57+,58+,63+,68-,69-,70-,71-,72-,73-,74-,75-,76-,77-,78-/m0/s1. The fourth-order valence-electron chi connectivity index (χ4n) is 17.9. The van der Waals surface area contributed by atoms with Crippen molar-refractivity contribution in [2.75, 3.05) is 65.4 Å². The van der Waals surface area contributed by atoms with Crippen molar-refractivity contribution >= 4 is 140 Å². The first-order valence-electron chi connectivity index (χ1n) is 47.5. The van der Waals surface area contributed by atoms with Gasteiger partial charge in [-0.25, -0.2) is 4.98 Å². The van der Waals surface area contributed by atoms with Crippen molar-refractivity contribution in [3.63, 3.8) is 0 Å². The van der Waals surface area contributed by atoms with Gasteiger partial charge in [0.1, 0.15) is 66.5 Å². The third-order valence-electron chi connectivity index (χ3n) is 25.8. The summed E-state index contributed by atoms with van der Waals surface area (Å²) in [6.45, 7) is 12.3. The van der Waals surface area contributed by atoms with E-state index >= 15 is 52.7 Å². The van der Waals surface area contributed by atoms with Gasteiger partial charge < -0.3 is 115 Å². The number of amides is 15. The van der Waals surface area contributed by atoms with Gasteiger partial charge in [0, 0.05) is 137 Å². The summed E-state index contributed by atoms with van der Waals surface area (Å²) in [5.74, 6) is -19.2. The van der Waals surface area contributed by atoms with Crippen LogP contribution in [-0.4, -0.2) is 305 Å². The molecule has 0 bridgehead atoms. The summed E-state index contributed by atoms with van der Waals surface area (Å²) in [5.41, 5.74) is 20.9. The van der Waals surface area contributed by atoms with Gasteiger partial charge in [-0.15, -0.1) is 11.8 Å². The number of aliphatic hydroxyl groups is 2. The number of Topliss-reactive ketones (excluding diaryl/α,β-unsaturated/α-hetero) is 2. The zero-order chi connectivity index (χ0) is 102. The van der Waals surface area contributed by atoms with E-state index in [-0.39, 0.29) is 101 Å². The summed E-state index contributed by atoms with van der Waals surface area (Å²) in [5, 5.41) is 56.2. The van der Waals surface area contributed by atoms with E-state index in [0.717, 1.165) is 32.0 Å². The predicted octanol–water partition coefficient (Wildman–Crippen LogP) is 0.844. The Hall–Kier alpha value is -13.1. The second-order valence-electron chi connectivity index (χ2n) is 37.9. The number of ketones is 2. The van der Waals surface area contributed by atoms with Gasteiger partial charge in [-0.3, -0.25) is 86.9 Å². The molecule has 42 heteroatoms. The molecular formula is C97H138N22O19S. The second kappa shape index (κ2) is 51.5.